The molecule has 0 aliphatic heterocycles. The van der Waals surface area contributed by atoms with Crippen LogP contribution in [0.2, 0.25) is 5.02 Å². The van der Waals surface area contributed by atoms with Crippen molar-refractivity contribution in [2.24, 2.45) is 0 Å². The van der Waals surface area contributed by atoms with Crippen LogP contribution in [0.4, 0.5) is 5.69 Å². The van der Waals surface area contributed by atoms with E-state index < -0.39 is 17.1 Å². The molecule has 0 aliphatic carbocycles. The maximum atomic E-state index is 10.8. The summed E-state index contributed by atoms with van der Waals surface area (Å²) < 4.78 is 4.83. The lowest BCUT2D eigenvalue weighted by Gasteiger charge is -2.17. The number of halogens is 2. The Morgan fingerprint density at radius 3 is 2.61 bits per heavy atom. The van der Waals surface area contributed by atoms with Crippen molar-refractivity contribution < 1.29 is 19.9 Å². The van der Waals surface area contributed by atoms with E-state index in [1.165, 1.54) is 13.2 Å². The van der Waals surface area contributed by atoms with Gasteiger partial charge in [-0.25, -0.2) is 0 Å². The van der Waals surface area contributed by atoms with E-state index in [-0.39, 0.29) is 27.4 Å². The number of hydrogen-bond acceptors (Lipinski definition) is 5. The van der Waals surface area contributed by atoms with Crippen molar-refractivity contribution in [3.8, 4) is 5.75 Å². The first-order valence-electron chi connectivity index (χ1n) is 4.86. The number of aliphatic hydroxyl groups excluding tert-OH is 2. The van der Waals surface area contributed by atoms with Gasteiger partial charge in [-0.2, -0.15) is 0 Å². The third kappa shape index (κ3) is 3.11. The molecular weight excluding hydrogens is 329 g/mol. The number of nitrogens with zero attached hydrogens (tertiary/aromatic N) is 1. The normalized spacial score (nSPS) is 14.1. The number of benzene rings is 1. The minimum absolute atomic E-state index is 0.00529. The van der Waals surface area contributed by atoms with E-state index in [1.54, 1.807) is 0 Å². The minimum atomic E-state index is -1.32. The molecule has 1 aromatic carbocycles. The van der Waals surface area contributed by atoms with Crippen LogP contribution in [0, 0.1) is 10.1 Å². The summed E-state index contributed by atoms with van der Waals surface area (Å²) in [4.78, 5) is 10.2. The van der Waals surface area contributed by atoms with Crippen LogP contribution in [0.3, 0.4) is 0 Å². The van der Waals surface area contributed by atoms with Gasteiger partial charge in [0, 0.05) is 23.0 Å². The maximum Gasteiger partial charge on any atom is 0.311 e. The summed E-state index contributed by atoms with van der Waals surface area (Å²) in [5.41, 5.74) is -0.242. The number of alkyl halides is 1. The second kappa shape index (κ2) is 6.33. The zero-order valence-electron chi connectivity index (χ0n) is 9.34. The number of nitro benzene ring substituents is 1. The van der Waals surface area contributed by atoms with Gasteiger partial charge in [-0.3, -0.25) is 10.1 Å². The van der Waals surface area contributed by atoms with Crippen LogP contribution in [0.15, 0.2) is 12.1 Å². The number of nitro groups is 1. The van der Waals surface area contributed by atoms with Crippen molar-refractivity contribution in [1.29, 1.82) is 0 Å². The van der Waals surface area contributed by atoms with Gasteiger partial charge in [-0.1, -0.05) is 27.5 Å². The average Bonchev–Trinajstić information content (AvgIpc) is 2.36. The van der Waals surface area contributed by atoms with Gasteiger partial charge in [-0.05, 0) is 0 Å². The summed E-state index contributed by atoms with van der Waals surface area (Å²) in [5.74, 6) is -0.00529. The van der Waals surface area contributed by atoms with Gasteiger partial charge in [0.15, 0.2) is 5.75 Å². The fourth-order valence-electron chi connectivity index (χ4n) is 1.38. The second-order valence-electron chi connectivity index (χ2n) is 3.47. The molecular formula is C10H11BrClNO5. The number of ether oxygens (including phenoxy) is 1. The molecule has 0 aliphatic rings. The average molecular weight is 341 g/mol. The first-order chi connectivity index (χ1) is 8.42. The van der Waals surface area contributed by atoms with E-state index in [9.17, 15) is 20.3 Å². The maximum absolute atomic E-state index is 10.8. The summed E-state index contributed by atoms with van der Waals surface area (Å²) in [6.07, 6.45) is -2.43. The predicted molar refractivity (Wildman–Crippen MR) is 69.4 cm³/mol. The topological polar surface area (TPSA) is 92.8 Å². The number of aliphatic hydroxyl groups is 2. The fourth-order valence-corrected chi connectivity index (χ4v) is 2.00. The quantitative estimate of drug-likeness (QED) is 0.486. The largest absolute Gasteiger partial charge is 0.490 e. The number of rotatable bonds is 5. The van der Waals surface area contributed by atoms with E-state index in [0.717, 1.165) is 6.07 Å². The summed E-state index contributed by atoms with van der Waals surface area (Å²) in [6, 6.07) is 2.33. The molecule has 2 N–H and O–H groups in total. The van der Waals surface area contributed by atoms with Gasteiger partial charge in [0.05, 0.1) is 23.2 Å². The first kappa shape index (κ1) is 15.2. The third-order valence-corrected chi connectivity index (χ3v) is 3.33. The zero-order valence-corrected chi connectivity index (χ0v) is 11.7. The van der Waals surface area contributed by atoms with Crippen molar-refractivity contribution in [3.05, 3.63) is 32.8 Å². The lowest BCUT2D eigenvalue weighted by molar-refractivity contribution is -0.385. The van der Waals surface area contributed by atoms with E-state index >= 15 is 0 Å². The molecule has 0 saturated carbocycles. The number of hydrogen-bond donors (Lipinski definition) is 2. The highest BCUT2D eigenvalue weighted by Crippen LogP contribution is 2.36. The van der Waals surface area contributed by atoms with Crippen LogP contribution in [0.5, 0.6) is 5.75 Å². The Hall–Kier alpha value is -0.890. The highest BCUT2D eigenvalue weighted by Gasteiger charge is 2.25. The molecule has 0 spiro atoms. The molecule has 2 atom stereocenters. The van der Waals surface area contributed by atoms with Crippen LogP contribution in [-0.2, 0) is 0 Å². The monoisotopic (exact) mass is 339 g/mol. The smallest absolute Gasteiger partial charge is 0.311 e. The summed E-state index contributed by atoms with van der Waals surface area (Å²) in [6.45, 7) is 0. The van der Waals surface area contributed by atoms with E-state index in [4.69, 9.17) is 16.3 Å². The summed E-state index contributed by atoms with van der Waals surface area (Å²) in [5, 5.41) is 30.4. The Kier molecular flexibility index (Phi) is 5.33. The fraction of sp³-hybridized carbons (Fsp3) is 0.400. The van der Waals surface area contributed by atoms with Gasteiger partial charge in [0.1, 0.15) is 6.10 Å². The van der Waals surface area contributed by atoms with Crippen molar-refractivity contribution in [2.45, 2.75) is 12.2 Å². The lowest BCUT2D eigenvalue weighted by atomic mass is 10.0. The van der Waals surface area contributed by atoms with Gasteiger partial charge in [-0.15, -0.1) is 0 Å². The summed E-state index contributed by atoms with van der Waals surface area (Å²) in [7, 11) is 1.28. The zero-order chi connectivity index (χ0) is 13.9. The molecule has 6 nitrogen and oxygen atoms in total. The molecule has 8 heteroatoms. The molecule has 0 amide bonds. The van der Waals surface area contributed by atoms with Crippen LogP contribution in [0.1, 0.15) is 11.7 Å². The molecule has 2 unspecified atom stereocenters. The molecule has 0 radical (unpaired) electrons. The molecule has 0 fully saturated rings. The van der Waals surface area contributed by atoms with E-state index in [0.29, 0.717) is 0 Å². The Morgan fingerprint density at radius 2 is 2.17 bits per heavy atom. The van der Waals surface area contributed by atoms with Crippen LogP contribution >= 0.6 is 27.5 Å². The van der Waals surface area contributed by atoms with Crippen molar-refractivity contribution >= 4 is 33.2 Å². The number of methoxy groups -OCH3 is 1. The van der Waals surface area contributed by atoms with Gasteiger partial charge >= 0.3 is 5.69 Å². The Balaban J connectivity index is 3.29. The predicted octanol–water partition coefficient (Wildman–Crippen LogP) is 2.05. The molecule has 100 valence electrons. The SMILES string of the molecule is COc1cc(Cl)c(C(O)C(O)CBr)cc1[N+](=O)[O-]. The Labute approximate surface area is 116 Å². The lowest BCUT2D eigenvalue weighted by Crippen LogP contribution is -2.20. The van der Waals surface area contributed by atoms with E-state index in [2.05, 4.69) is 15.9 Å². The minimum Gasteiger partial charge on any atom is -0.490 e. The third-order valence-electron chi connectivity index (χ3n) is 2.34. The van der Waals surface area contributed by atoms with Crippen molar-refractivity contribution in [3.63, 3.8) is 0 Å². The second-order valence-corrected chi connectivity index (χ2v) is 4.52. The molecule has 1 rings (SSSR count). The van der Waals surface area contributed by atoms with Crippen LogP contribution in [0.25, 0.3) is 0 Å². The van der Waals surface area contributed by atoms with Crippen molar-refractivity contribution in [2.75, 3.05) is 12.4 Å². The Morgan fingerprint density at radius 1 is 1.56 bits per heavy atom. The standard InChI is InChI=1S/C10H11BrClNO5/c1-18-9-3-6(12)5(2-7(9)13(16)17)10(15)8(14)4-11/h2-3,8,10,14-15H,4H2,1H3. The van der Waals surface area contributed by atoms with Gasteiger partial charge < -0.3 is 14.9 Å². The molecule has 0 heterocycles. The molecule has 1 aromatic rings. The van der Waals surface area contributed by atoms with Crippen LogP contribution in [-0.4, -0.2) is 33.7 Å². The highest BCUT2D eigenvalue weighted by atomic mass is 79.9. The van der Waals surface area contributed by atoms with E-state index in [1.807, 2.05) is 0 Å². The summed E-state index contributed by atoms with van der Waals surface area (Å²) >= 11 is 8.89. The van der Waals surface area contributed by atoms with Crippen molar-refractivity contribution in [1.82, 2.24) is 0 Å². The van der Waals surface area contributed by atoms with Gasteiger partial charge in [0.2, 0.25) is 0 Å². The highest BCUT2D eigenvalue weighted by molar-refractivity contribution is 9.09. The van der Waals surface area contributed by atoms with Crippen LogP contribution < -0.4 is 4.74 Å². The molecule has 0 bridgehead atoms. The van der Waals surface area contributed by atoms with Gasteiger partial charge in [0.25, 0.3) is 0 Å². The Bertz CT molecular complexity index is 456. The first-order valence-corrected chi connectivity index (χ1v) is 6.36. The molecule has 18 heavy (non-hydrogen) atoms. The molecule has 0 saturated heterocycles. The molecule has 0 aromatic heterocycles.